The van der Waals surface area contributed by atoms with Crippen molar-refractivity contribution in [2.75, 3.05) is 26.7 Å². The first-order chi connectivity index (χ1) is 9.22. The highest BCUT2D eigenvalue weighted by molar-refractivity contribution is 5.88. The van der Waals surface area contributed by atoms with E-state index in [9.17, 15) is 0 Å². The van der Waals surface area contributed by atoms with Crippen molar-refractivity contribution in [2.24, 2.45) is 0 Å². The van der Waals surface area contributed by atoms with Gasteiger partial charge in [-0.2, -0.15) is 0 Å². The van der Waals surface area contributed by atoms with Gasteiger partial charge in [0, 0.05) is 42.3 Å². The molecule has 1 aromatic heterocycles. The average Bonchev–Trinajstić information content (AvgIpc) is 2.75. The second-order valence-corrected chi connectivity index (χ2v) is 5.56. The Morgan fingerprint density at radius 2 is 2.21 bits per heavy atom. The van der Waals surface area contributed by atoms with E-state index >= 15 is 0 Å². The van der Waals surface area contributed by atoms with Crippen LogP contribution in [-0.4, -0.2) is 36.6 Å². The molecule has 102 valence electrons. The van der Waals surface area contributed by atoms with E-state index in [-0.39, 0.29) is 0 Å². The van der Waals surface area contributed by atoms with Crippen LogP contribution in [0, 0.1) is 6.92 Å². The molecule has 0 amide bonds. The zero-order chi connectivity index (χ0) is 13.4. The van der Waals surface area contributed by atoms with Crippen molar-refractivity contribution in [1.82, 2.24) is 15.2 Å². The Labute approximate surface area is 115 Å². The first kappa shape index (κ1) is 12.7. The minimum atomic E-state index is 0.481. The Morgan fingerprint density at radius 1 is 1.37 bits per heavy atom. The number of H-pyrrole nitrogens is 1. The predicted molar refractivity (Wildman–Crippen MR) is 80.7 cm³/mol. The number of aromatic amines is 1. The second kappa shape index (κ2) is 4.99. The fourth-order valence-corrected chi connectivity index (χ4v) is 3.28. The summed E-state index contributed by atoms with van der Waals surface area (Å²) >= 11 is 0. The van der Waals surface area contributed by atoms with Crippen molar-refractivity contribution in [3.8, 4) is 0 Å². The number of rotatable bonds is 2. The molecule has 0 aliphatic carbocycles. The molecule has 0 spiro atoms. The Balaban J connectivity index is 2.15. The SMILES string of the molecule is CCc1cccc2c(C3CNCCN3C)c(C)[nH]c12. The van der Waals surface area contributed by atoms with Crippen LogP contribution in [0.4, 0.5) is 0 Å². The van der Waals surface area contributed by atoms with Crippen LogP contribution in [-0.2, 0) is 6.42 Å². The summed E-state index contributed by atoms with van der Waals surface area (Å²) in [6, 6.07) is 7.16. The van der Waals surface area contributed by atoms with Crippen LogP contribution in [0.1, 0.15) is 29.8 Å². The van der Waals surface area contributed by atoms with Crippen LogP contribution < -0.4 is 5.32 Å². The molecule has 2 aromatic rings. The number of benzene rings is 1. The normalized spacial score (nSPS) is 21.1. The fraction of sp³-hybridized carbons (Fsp3) is 0.500. The van der Waals surface area contributed by atoms with E-state index in [2.05, 4.69) is 54.3 Å². The van der Waals surface area contributed by atoms with Gasteiger partial charge < -0.3 is 10.3 Å². The van der Waals surface area contributed by atoms with Gasteiger partial charge in [0.15, 0.2) is 0 Å². The number of piperazine rings is 1. The summed E-state index contributed by atoms with van der Waals surface area (Å²) in [6.07, 6.45) is 1.08. The minimum Gasteiger partial charge on any atom is -0.358 e. The highest BCUT2D eigenvalue weighted by Gasteiger charge is 2.25. The lowest BCUT2D eigenvalue weighted by Gasteiger charge is -2.33. The van der Waals surface area contributed by atoms with E-state index in [0.29, 0.717) is 6.04 Å². The van der Waals surface area contributed by atoms with E-state index in [0.717, 1.165) is 26.1 Å². The van der Waals surface area contributed by atoms with Crippen LogP contribution in [0.2, 0.25) is 0 Å². The molecule has 3 heteroatoms. The fourth-order valence-electron chi connectivity index (χ4n) is 3.28. The number of para-hydroxylation sites is 1. The van der Waals surface area contributed by atoms with E-state index in [1.54, 1.807) is 0 Å². The number of fused-ring (bicyclic) bond motifs is 1. The summed E-state index contributed by atoms with van der Waals surface area (Å²) in [6.45, 7) is 7.68. The molecule has 1 atom stereocenters. The topological polar surface area (TPSA) is 31.1 Å². The highest BCUT2D eigenvalue weighted by Crippen LogP contribution is 2.33. The zero-order valence-electron chi connectivity index (χ0n) is 12.1. The number of aryl methyl sites for hydroxylation is 2. The van der Waals surface area contributed by atoms with E-state index in [1.807, 2.05) is 0 Å². The monoisotopic (exact) mass is 257 g/mol. The summed E-state index contributed by atoms with van der Waals surface area (Å²) in [5.74, 6) is 0. The van der Waals surface area contributed by atoms with Crippen LogP contribution in [0.5, 0.6) is 0 Å². The summed E-state index contributed by atoms with van der Waals surface area (Å²) in [7, 11) is 2.23. The minimum absolute atomic E-state index is 0.481. The van der Waals surface area contributed by atoms with Gasteiger partial charge in [0.2, 0.25) is 0 Å². The van der Waals surface area contributed by atoms with Gasteiger partial charge in [-0.05, 0) is 31.5 Å². The number of hydrogen-bond acceptors (Lipinski definition) is 2. The molecular formula is C16H23N3. The number of likely N-dealkylation sites (N-methyl/N-ethyl adjacent to an activating group) is 1. The number of hydrogen-bond donors (Lipinski definition) is 2. The molecule has 1 aromatic carbocycles. The maximum absolute atomic E-state index is 3.61. The molecule has 1 fully saturated rings. The molecule has 0 bridgehead atoms. The van der Waals surface area contributed by atoms with E-state index in [4.69, 9.17) is 0 Å². The van der Waals surface area contributed by atoms with Gasteiger partial charge in [-0.1, -0.05) is 25.1 Å². The molecular weight excluding hydrogens is 234 g/mol. The van der Waals surface area contributed by atoms with Gasteiger partial charge in [0.05, 0.1) is 0 Å². The molecule has 1 aliphatic rings. The molecule has 1 unspecified atom stereocenters. The lowest BCUT2D eigenvalue weighted by atomic mass is 9.99. The first-order valence-corrected chi connectivity index (χ1v) is 7.23. The standard InChI is InChI=1S/C16H23N3/c1-4-12-6-5-7-13-15(11(2)18-16(12)13)14-10-17-8-9-19(14)3/h5-7,14,17-18H,4,8-10H2,1-3H3. The third kappa shape index (κ3) is 2.07. The van der Waals surface area contributed by atoms with E-state index in [1.165, 1.54) is 27.7 Å². The van der Waals surface area contributed by atoms with Gasteiger partial charge in [-0.15, -0.1) is 0 Å². The quantitative estimate of drug-likeness (QED) is 0.866. The third-order valence-corrected chi connectivity index (χ3v) is 4.38. The van der Waals surface area contributed by atoms with Crippen molar-refractivity contribution < 1.29 is 0 Å². The van der Waals surface area contributed by atoms with Gasteiger partial charge in [0.1, 0.15) is 0 Å². The maximum atomic E-state index is 3.61. The Kier molecular flexibility index (Phi) is 3.33. The van der Waals surface area contributed by atoms with Crippen LogP contribution >= 0.6 is 0 Å². The summed E-state index contributed by atoms with van der Waals surface area (Å²) in [5, 5.41) is 4.92. The number of nitrogens with one attached hydrogen (secondary N) is 2. The smallest absolute Gasteiger partial charge is 0.0494 e. The van der Waals surface area contributed by atoms with Gasteiger partial charge in [-0.25, -0.2) is 0 Å². The van der Waals surface area contributed by atoms with Crippen LogP contribution in [0.25, 0.3) is 10.9 Å². The molecule has 3 rings (SSSR count). The maximum Gasteiger partial charge on any atom is 0.0494 e. The lowest BCUT2D eigenvalue weighted by molar-refractivity contribution is 0.203. The van der Waals surface area contributed by atoms with Crippen LogP contribution in [0.15, 0.2) is 18.2 Å². The molecule has 0 radical (unpaired) electrons. The zero-order valence-corrected chi connectivity index (χ0v) is 12.1. The lowest BCUT2D eigenvalue weighted by Crippen LogP contribution is -2.43. The summed E-state index contributed by atoms with van der Waals surface area (Å²) in [5.41, 5.74) is 5.53. The Hall–Kier alpha value is -1.32. The second-order valence-electron chi connectivity index (χ2n) is 5.56. The number of aromatic nitrogens is 1. The van der Waals surface area contributed by atoms with Crippen molar-refractivity contribution >= 4 is 10.9 Å². The van der Waals surface area contributed by atoms with Gasteiger partial charge >= 0.3 is 0 Å². The number of nitrogens with zero attached hydrogens (tertiary/aromatic N) is 1. The summed E-state index contributed by atoms with van der Waals surface area (Å²) < 4.78 is 0. The molecule has 19 heavy (non-hydrogen) atoms. The highest BCUT2D eigenvalue weighted by atomic mass is 15.2. The van der Waals surface area contributed by atoms with Crippen molar-refractivity contribution in [1.29, 1.82) is 0 Å². The molecule has 2 N–H and O–H groups in total. The predicted octanol–water partition coefficient (Wildman–Crippen LogP) is 2.61. The molecule has 3 nitrogen and oxygen atoms in total. The first-order valence-electron chi connectivity index (χ1n) is 7.23. The van der Waals surface area contributed by atoms with Gasteiger partial charge in [-0.3, -0.25) is 4.90 Å². The van der Waals surface area contributed by atoms with Crippen molar-refractivity contribution in [3.63, 3.8) is 0 Å². The largest absolute Gasteiger partial charge is 0.358 e. The Morgan fingerprint density at radius 3 is 2.95 bits per heavy atom. The molecule has 1 aliphatic heterocycles. The van der Waals surface area contributed by atoms with Gasteiger partial charge in [0.25, 0.3) is 0 Å². The average molecular weight is 257 g/mol. The van der Waals surface area contributed by atoms with Crippen LogP contribution in [0.3, 0.4) is 0 Å². The Bertz CT molecular complexity index is 585. The molecule has 0 saturated carbocycles. The molecule has 1 saturated heterocycles. The summed E-state index contributed by atoms with van der Waals surface area (Å²) in [4.78, 5) is 6.07. The molecule has 2 heterocycles. The van der Waals surface area contributed by atoms with E-state index < -0.39 is 0 Å². The van der Waals surface area contributed by atoms with Crippen molar-refractivity contribution in [3.05, 3.63) is 35.0 Å². The van der Waals surface area contributed by atoms with Crippen molar-refractivity contribution in [2.45, 2.75) is 26.3 Å². The third-order valence-electron chi connectivity index (χ3n) is 4.38.